The number of carbonyl (C=O) groups excluding carboxylic acids is 2. The number of ether oxygens (including phenoxy) is 3. The number of thiophene rings is 1. The van der Waals surface area contributed by atoms with Crippen LogP contribution in [0.1, 0.15) is 103 Å². The van der Waals surface area contributed by atoms with Crippen LogP contribution in [0.3, 0.4) is 0 Å². The van der Waals surface area contributed by atoms with Gasteiger partial charge in [0.2, 0.25) is 0 Å². The molecular weight excluding hydrogens is 759 g/mol. The minimum Gasteiger partial charge on any atom is -0.488 e. The topological polar surface area (TPSA) is 173 Å². The number of nitrogens with one attached hydrogen (secondary N) is 3. The third-order valence-electron chi connectivity index (χ3n) is 11.6. The molecule has 310 valence electrons. The summed E-state index contributed by atoms with van der Waals surface area (Å²) < 4.78 is 18.7. The lowest BCUT2D eigenvalue weighted by atomic mass is 9.92. The summed E-state index contributed by atoms with van der Waals surface area (Å²) in [7, 11) is 0. The second-order valence-electron chi connectivity index (χ2n) is 15.9. The number of hydrogen-bond donors (Lipinski definition) is 5. The number of hydrogen-bond acceptors (Lipinski definition) is 13. The van der Waals surface area contributed by atoms with Crippen LogP contribution in [0.4, 0.5) is 5.82 Å². The number of carbonyl (C=O) groups is 2. The van der Waals surface area contributed by atoms with E-state index in [4.69, 9.17) is 19.4 Å². The highest BCUT2D eigenvalue weighted by atomic mass is 32.1. The number of aliphatic hydroxyl groups is 1. The fraction of sp³-hybridized carbons (Fsp3) is 0.500. The molecular formula is C44H55N5O8S. The van der Waals surface area contributed by atoms with Crippen LogP contribution in [-0.2, 0) is 20.8 Å². The van der Waals surface area contributed by atoms with Gasteiger partial charge < -0.3 is 30.0 Å². The largest absolute Gasteiger partial charge is 0.488 e. The summed E-state index contributed by atoms with van der Waals surface area (Å²) >= 11 is 1.78. The van der Waals surface area contributed by atoms with Crippen molar-refractivity contribution in [1.82, 2.24) is 20.2 Å². The van der Waals surface area contributed by atoms with E-state index in [9.17, 15) is 19.5 Å². The number of Topliss-reactive ketones (excluding diaryl/α,β-unsaturated/α-hetero) is 1. The van der Waals surface area contributed by atoms with E-state index in [1.807, 2.05) is 30.6 Å². The lowest BCUT2D eigenvalue weighted by Crippen LogP contribution is -2.50. The number of aryl methyl sites for hydroxylation is 1. The number of benzene rings is 2. The summed E-state index contributed by atoms with van der Waals surface area (Å²) in [5, 5.41) is 26.3. The molecule has 4 heterocycles. The molecule has 0 unspecified atom stereocenters. The Kier molecular flexibility index (Phi) is 14.1. The highest BCUT2D eigenvalue weighted by Crippen LogP contribution is 2.34. The van der Waals surface area contributed by atoms with Crippen molar-refractivity contribution in [3.63, 3.8) is 0 Å². The Balaban J connectivity index is 0.799. The highest BCUT2D eigenvalue weighted by Gasteiger charge is 2.36. The Morgan fingerprint density at radius 3 is 2.74 bits per heavy atom. The number of aliphatic hydroxyl groups excluding tert-OH is 1. The van der Waals surface area contributed by atoms with Crippen molar-refractivity contribution in [3.8, 4) is 16.2 Å². The minimum absolute atomic E-state index is 0.0116. The Bertz CT molecular complexity index is 2080. The third kappa shape index (κ3) is 10.6. The monoisotopic (exact) mass is 813 g/mol. The predicted molar refractivity (Wildman–Crippen MR) is 221 cm³/mol. The fourth-order valence-electron chi connectivity index (χ4n) is 8.07. The van der Waals surface area contributed by atoms with Gasteiger partial charge in [-0.25, -0.2) is 4.79 Å². The van der Waals surface area contributed by atoms with E-state index in [-0.39, 0.29) is 48.3 Å². The summed E-state index contributed by atoms with van der Waals surface area (Å²) in [4.78, 5) is 44.5. The quantitative estimate of drug-likeness (QED) is 0.0301. The van der Waals surface area contributed by atoms with E-state index >= 15 is 0 Å². The lowest BCUT2D eigenvalue weighted by Gasteiger charge is -2.28. The molecule has 14 heteroatoms. The average molecular weight is 814 g/mol. The molecule has 0 bridgehead atoms. The summed E-state index contributed by atoms with van der Waals surface area (Å²) in [5.41, 5.74) is 5.41. The minimum atomic E-state index is -0.875. The molecule has 0 radical (unpaired) electrons. The fourth-order valence-corrected chi connectivity index (χ4v) is 9.03. The average Bonchev–Trinajstić information content (AvgIpc) is 3.98. The van der Waals surface area contributed by atoms with E-state index in [1.165, 1.54) is 37.7 Å². The van der Waals surface area contributed by atoms with Crippen molar-refractivity contribution in [1.29, 1.82) is 0 Å². The van der Waals surface area contributed by atoms with Crippen LogP contribution in [0.15, 0.2) is 71.7 Å². The number of esters is 1. The number of nitrogens with zero attached hydrogens (tertiary/aromatic N) is 2. The third-order valence-corrected chi connectivity index (χ3v) is 12.8. The zero-order chi connectivity index (χ0) is 40.6. The van der Waals surface area contributed by atoms with E-state index in [1.54, 1.807) is 11.3 Å². The summed E-state index contributed by atoms with van der Waals surface area (Å²) in [6, 6.07) is 20.6. The van der Waals surface area contributed by atoms with Gasteiger partial charge >= 0.3 is 11.7 Å². The maximum absolute atomic E-state index is 13.2. The van der Waals surface area contributed by atoms with Gasteiger partial charge in [0.25, 0.3) is 0 Å². The summed E-state index contributed by atoms with van der Waals surface area (Å²) in [5.74, 6) is 0.976. The lowest BCUT2D eigenvalue weighted by molar-refractivity contribution is -0.148. The molecule has 3 fully saturated rings. The van der Waals surface area contributed by atoms with Gasteiger partial charge in [-0.3, -0.25) is 24.8 Å². The second-order valence-corrected chi connectivity index (χ2v) is 17.1. The van der Waals surface area contributed by atoms with Gasteiger partial charge in [0.05, 0.1) is 18.6 Å². The molecule has 13 nitrogen and oxygen atoms in total. The standard InChI is InChI=1S/C44H55N5O8S/c1-27(6-3-10-38(50)37-22-34(14-11-28(37)2)56-35-24-45-25-35)29-7-4-8-30(20-29)40-16-15-36(58-40)26-46-32-13-12-31(21-32)43(52)55-19-5-9-33-23-39(51)42(57-33)49-18-17-41(48-54)47-44(49)53/h4,7-8,11,14-18,20,22,27,31-33,35,39,42,45-46,51,54H,3,5-6,9-10,12-13,19,21,23-26H2,1-2H3,(H,47,48,53)/t27-,31+,32-,33+,39+,42+/m0/s1. The molecule has 4 aromatic rings. The molecule has 5 N–H and O–H groups in total. The van der Waals surface area contributed by atoms with Crippen LogP contribution < -0.4 is 26.5 Å². The molecule has 2 saturated heterocycles. The van der Waals surface area contributed by atoms with Gasteiger partial charge in [-0.2, -0.15) is 4.98 Å². The first-order valence-electron chi connectivity index (χ1n) is 20.6. The van der Waals surface area contributed by atoms with Crippen molar-refractivity contribution in [2.24, 2.45) is 5.92 Å². The Morgan fingerprint density at radius 1 is 1.09 bits per heavy atom. The SMILES string of the molecule is Cc1ccc(OC2CNC2)cc1C(=O)CCC[C@H](C)c1cccc(-c2ccc(CN[C@H]3CC[C@@H](C(=O)OCCC[C@@H]4C[C@@H](O)[C@H](n5ccc(NO)nc5=O)O4)C3)s2)c1. The normalized spacial score (nSPS) is 22.4. The first kappa shape index (κ1) is 41.7. The van der Waals surface area contributed by atoms with E-state index < -0.39 is 18.0 Å². The molecule has 7 rings (SSSR count). The van der Waals surface area contributed by atoms with Crippen molar-refractivity contribution in [2.45, 2.75) is 115 Å². The first-order valence-corrected chi connectivity index (χ1v) is 21.4. The molecule has 2 aromatic heterocycles. The van der Waals surface area contributed by atoms with Gasteiger partial charge in [-0.05, 0) is 105 Å². The van der Waals surface area contributed by atoms with Gasteiger partial charge in [0, 0.05) is 60.0 Å². The van der Waals surface area contributed by atoms with Crippen LogP contribution in [0.25, 0.3) is 10.4 Å². The van der Waals surface area contributed by atoms with E-state index in [0.717, 1.165) is 68.6 Å². The predicted octanol–water partition coefficient (Wildman–Crippen LogP) is 6.52. The van der Waals surface area contributed by atoms with E-state index in [2.05, 4.69) is 58.9 Å². The number of anilines is 1. The van der Waals surface area contributed by atoms with Crippen molar-refractivity contribution >= 4 is 28.9 Å². The van der Waals surface area contributed by atoms with Gasteiger partial charge in [-0.1, -0.05) is 37.3 Å². The maximum Gasteiger partial charge on any atom is 0.351 e. The molecule has 0 amide bonds. The Labute approximate surface area is 343 Å². The van der Waals surface area contributed by atoms with Gasteiger partial charge in [-0.15, -0.1) is 11.3 Å². The second kappa shape index (κ2) is 19.5. The van der Waals surface area contributed by atoms with Crippen LogP contribution in [0, 0.1) is 12.8 Å². The smallest absolute Gasteiger partial charge is 0.351 e. The zero-order valence-corrected chi connectivity index (χ0v) is 34.0. The van der Waals surface area contributed by atoms with Crippen LogP contribution >= 0.6 is 11.3 Å². The molecule has 2 aromatic carbocycles. The Hall–Kier alpha value is -4.44. The molecule has 1 saturated carbocycles. The number of ketones is 1. The van der Waals surface area contributed by atoms with Gasteiger partial charge in [0.15, 0.2) is 17.8 Å². The van der Waals surface area contributed by atoms with Crippen LogP contribution in [0.5, 0.6) is 5.75 Å². The molecule has 1 aliphatic carbocycles. The van der Waals surface area contributed by atoms with Crippen molar-refractivity contribution in [3.05, 3.63) is 98.9 Å². The Morgan fingerprint density at radius 2 is 1.95 bits per heavy atom. The molecule has 2 aliphatic heterocycles. The molecule has 0 spiro atoms. The molecule has 3 aliphatic rings. The van der Waals surface area contributed by atoms with Crippen LogP contribution in [-0.4, -0.2) is 75.7 Å². The molecule has 6 atom stereocenters. The van der Waals surface area contributed by atoms with Crippen LogP contribution in [0.2, 0.25) is 0 Å². The summed E-state index contributed by atoms with van der Waals surface area (Å²) in [6.45, 7) is 6.93. The van der Waals surface area contributed by atoms with Gasteiger partial charge in [0.1, 0.15) is 18.0 Å². The maximum atomic E-state index is 13.2. The number of aromatic nitrogens is 2. The first-order chi connectivity index (χ1) is 28.1. The zero-order valence-electron chi connectivity index (χ0n) is 33.2. The highest BCUT2D eigenvalue weighted by molar-refractivity contribution is 7.15. The van der Waals surface area contributed by atoms with E-state index in [0.29, 0.717) is 31.6 Å². The molecule has 58 heavy (non-hydrogen) atoms. The van der Waals surface area contributed by atoms with Crippen molar-refractivity contribution < 1.29 is 34.1 Å². The van der Waals surface area contributed by atoms with Crippen molar-refractivity contribution in [2.75, 3.05) is 25.2 Å². The summed E-state index contributed by atoms with van der Waals surface area (Å²) in [6.07, 6.45) is 5.81. The number of rotatable bonds is 19.